The topological polar surface area (TPSA) is 67.6 Å². The standard InChI is InChI=1S/C31H32FN3O3/c1-38-29-7-3-2-6-24(29)30-33-27-13-11-22(23-10-12-26(32)28(36)16-23)15-25(27)31(37)35(30)19-21-5-4-14-34(18-21)17-20-8-9-20/h2-3,6-7,10-13,15-16,20-21,36H,4-5,8-9,14,17-19H2,1H3. The summed E-state index contributed by atoms with van der Waals surface area (Å²) in [5, 5.41) is 10.4. The third-order valence-corrected chi connectivity index (χ3v) is 7.84. The highest BCUT2D eigenvalue weighted by atomic mass is 19.1. The number of hydrogen-bond acceptors (Lipinski definition) is 5. The molecule has 0 bridgehead atoms. The molecule has 1 atom stereocenters. The van der Waals surface area contributed by atoms with Gasteiger partial charge < -0.3 is 14.7 Å². The van der Waals surface area contributed by atoms with Gasteiger partial charge in [-0.3, -0.25) is 9.36 Å². The van der Waals surface area contributed by atoms with Crippen molar-refractivity contribution in [2.24, 2.45) is 11.8 Å². The normalized spacial score (nSPS) is 18.1. The van der Waals surface area contributed by atoms with Gasteiger partial charge in [-0.05, 0) is 91.6 Å². The molecular formula is C31H32FN3O3. The lowest BCUT2D eigenvalue weighted by atomic mass is 9.97. The van der Waals surface area contributed by atoms with Gasteiger partial charge >= 0.3 is 0 Å². The van der Waals surface area contributed by atoms with Crippen LogP contribution in [0.25, 0.3) is 33.4 Å². The summed E-state index contributed by atoms with van der Waals surface area (Å²) >= 11 is 0. The molecule has 6 nitrogen and oxygen atoms in total. The number of hydrogen-bond donors (Lipinski definition) is 1. The highest BCUT2D eigenvalue weighted by Gasteiger charge is 2.28. The summed E-state index contributed by atoms with van der Waals surface area (Å²) in [6.45, 7) is 3.86. The maximum absolute atomic E-state index is 14.1. The third-order valence-electron chi connectivity index (χ3n) is 7.84. The number of piperidine rings is 1. The first-order valence-electron chi connectivity index (χ1n) is 13.4. The maximum Gasteiger partial charge on any atom is 0.261 e. The molecule has 2 heterocycles. The Kier molecular flexibility index (Phi) is 6.62. The molecule has 0 spiro atoms. The number of methoxy groups -OCH3 is 1. The van der Waals surface area contributed by atoms with Crippen molar-refractivity contribution in [3.63, 3.8) is 0 Å². The fraction of sp³-hybridized carbons (Fsp3) is 0.355. The fourth-order valence-electron chi connectivity index (χ4n) is 5.69. The Morgan fingerprint density at radius 2 is 1.79 bits per heavy atom. The number of aromatic hydroxyl groups is 1. The van der Waals surface area contributed by atoms with E-state index in [0.717, 1.165) is 49.5 Å². The molecule has 0 radical (unpaired) electrons. The van der Waals surface area contributed by atoms with Crippen LogP contribution in [0.15, 0.2) is 65.5 Å². The van der Waals surface area contributed by atoms with Gasteiger partial charge in [0.05, 0.1) is 23.6 Å². The van der Waals surface area contributed by atoms with Crippen molar-refractivity contribution in [3.05, 3.63) is 76.8 Å². The molecule has 1 saturated heterocycles. The number of phenolic OH excluding ortho intramolecular Hbond substituents is 1. The highest BCUT2D eigenvalue weighted by molar-refractivity contribution is 5.85. The summed E-state index contributed by atoms with van der Waals surface area (Å²) in [6, 6.07) is 17.3. The minimum absolute atomic E-state index is 0.108. The van der Waals surface area contributed by atoms with Crippen LogP contribution in [0, 0.1) is 17.7 Å². The number of rotatable bonds is 7. The van der Waals surface area contributed by atoms with Gasteiger partial charge in [0, 0.05) is 19.6 Å². The average molecular weight is 514 g/mol. The highest BCUT2D eigenvalue weighted by Crippen LogP contribution is 2.33. The summed E-state index contributed by atoms with van der Waals surface area (Å²) < 4.78 is 21.1. The number of nitrogens with zero attached hydrogens (tertiary/aromatic N) is 3. The second-order valence-electron chi connectivity index (χ2n) is 10.7. The van der Waals surface area contributed by atoms with Gasteiger partial charge in [0.25, 0.3) is 5.56 Å². The van der Waals surface area contributed by atoms with Gasteiger partial charge in [-0.25, -0.2) is 9.37 Å². The van der Waals surface area contributed by atoms with Crippen LogP contribution in [0.2, 0.25) is 0 Å². The quantitative estimate of drug-likeness (QED) is 0.343. The summed E-state index contributed by atoms with van der Waals surface area (Å²) in [6.07, 6.45) is 4.88. The molecule has 1 unspecified atom stereocenters. The van der Waals surface area contributed by atoms with Crippen molar-refractivity contribution in [2.45, 2.75) is 32.2 Å². The zero-order valence-electron chi connectivity index (χ0n) is 21.6. The van der Waals surface area contributed by atoms with Crippen molar-refractivity contribution in [3.8, 4) is 34.0 Å². The van der Waals surface area contributed by atoms with Crippen LogP contribution in [0.3, 0.4) is 0 Å². The lowest BCUT2D eigenvalue weighted by molar-refractivity contribution is 0.156. The molecule has 38 heavy (non-hydrogen) atoms. The molecule has 7 heteroatoms. The van der Waals surface area contributed by atoms with Gasteiger partial charge in [0.15, 0.2) is 11.6 Å². The third kappa shape index (κ3) is 4.90. The molecule has 3 aromatic carbocycles. The number of halogens is 1. The first-order chi connectivity index (χ1) is 18.5. The summed E-state index contributed by atoms with van der Waals surface area (Å²) in [5.74, 6) is 1.37. The molecule has 2 fully saturated rings. The molecule has 1 aromatic heterocycles. The van der Waals surface area contributed by atoms with E-state index in [2.05, 4.69) is 4.90 Å². The number of ether oxygens (including phenoxy) is 1. The predicted molar refractivity (Wildman–Crippen MR) is 147 cm³/mol. The minimum Gasteiger partial charge on any atom is -0.505 e. The molecular weight excluding hydrogens is 481 g/mol. The second kappa shape index (κ2) is 10.2. The molecule has 4 aromatic rings. The van der Waals surface area contributed by atoms with E-state index in [1.165, 1.54) is 25.0 Å². The van der Waals surface area contributed by atoms with Gasteiger partial charge in [0.2, 0.25) is 0 Å². The molecule has 1 saturated carbocycles. The van der Waals surface area contributed by atoms with E-state index in [-0.39, 0.29) is 5.56 Å². The van der Waals surface area contributed by atoms with Gasteiger partial charge in [-0.1, -0.05) is 24.3 Å². The molecule has 1 aliphatic carbocycles. The largest absolute Gasteiger partial charge is 0.505 e. The van der Waals surface area contributed by atoms with Crippen LogP contribution in [0.4, 0.5) is 4.39 Å². The maximum atomic E-state index is 14.1. The Balaban J connectivity index is 1.45. The van der Waals surface area contributed by atoms with E-state index >= 15 is 0 Å². The van der Waals surface area contributed by atoms with Crippen LogP contribution in [0.5, 0.6) is 11.5 Å². The van der Waals surface area contributed by atoms with E-state index in [9.17, 15) is 14.3 Å². The van der Waals surface area contributed by atoms with E-state index in [1.54, 1.807) is 19.2 Å². The first-order valence-corrected chi connectivity index (χ1v) is 13.4. The Bertz CT molecular complexity index is 1550. The predicted octanol–water partition coefficient (Wildman–Crippen LogP) is 5.71. The average Bonchev–Trinajstić information content (AvgIpc) is 3.76. The zero-order chi connectivity index (χ0) is 26.2. The van der Waals surface area contributed by atoms with Crippen LogP contribution in [-0.2, 0) is 6.54 Å². The molecule has 0 amide bonds. The summed E-state index contributed by atoms with van der Waals surface area (Å²) in [7, 11) is 1.63. The SMILES string of the molecule is COc1ccccc1-c1nc2ccc(-c3ccc(F)c(O)c3)cc2c(=O)n1CC1CCCN(CC2CC2)C1. The first kappa shape index (κ1) is 24.6. The molecule has 196 valence electrons. The fourth-order valence-corrected chi connectivity index (χ4v) is 5.69. The molecule has 6 rings (SSSR count). The van der Waals surface area contributed by atoms with Crippen molar-refractivity contribution < 1.29 is 14.2 Å². The van der Waals surface area contributed by atoms with Crippen molar-refractivity contribution in [2.75, 3.05) is 26.7 Å². The number of fused-ring (bicyclic) bond motifs is 1. The Morgan fingerprint density at radius 3 is 2.58 bits per heavy atom. The van der Waals surface area contributed by atoms with Gasteiger partial charge in [0.1, 0.15) is 11.6 Å². The van der Waals surface area contributed by atoms with Crippen molar-refractivity contribution >= 4 is 10.9 Å². The van der Waals surface area contributed by atoms with E-state index in [0.29, 0.717) is 40.5 Å². The van der Waals surface area contributed by atoms with E-state index in [4.69, 9.17) is 9.72 Å². The van der Waals surface area contributed by atoms with Crippen LogP contribution in [-0.4, -0.2) is 46.3 Å². The Morgan fingerprint density at radius 1 is 1.00 bits per heavy atom. The number of aromatic nitrogens is 2. The number of benzene rings is 3. The zero-order valence-corrected chi connectivity index (χ0v) is 21.6. The van der Waals surface area contributed by atoms with E-state index < -0.39 is 11.6 Å². The van der Waals surface area contributed by atoms with Crippen LogP contribution in [0.1, 0.15) is 25.7 Å². The van der Waals surface area contributed by atoms with Crippen molar-refractivity contribution in [1.29, 1.82) is 0 Å². The monoisotopic (exact) mass is 513 g/mol. The lowest BCUT2D eigenvalue weighted by Crippen LogP contribution is -2.39. The smallest absolute Gasteiger partial charge is 0.261 e. The Hall–Kier alpha value is -3.71. The van der Waals surface area contributed by atoms with Crippen LogP contribution >= 0.6 is 0 Å². The summed E-state index contributed by atoms with van der Waals surface area (Å²) in [4.78, 5) is 21.7. The second-order valence-corrected chi connectivity index (χ2v) is 10.7. The number of para-hydroxylation sites is 1. The molecule has 1 N–H and O–H groups in total. The molecule has 2 aliphatic rings. The molecule has 1 aliphatic heterocycles. The Labute approximate surface area is 221 Å². The summed E-state index contributed by atoms with van der Waals surface area (Å²) in [5.41, 5.74) is 2.61. The number of likely N-dealkylation sites (tertiary alicyclic amines) is 1. The van der Waals surface area contributed by atoms with Crippen LogP contribution < -0.4 is 10.3 Å². The number of phenols is 1. The van der Waals surface area contributed by atoms with E-state index in [1.807, 2.05) is 41.0 Å². The van der Waals surface area contributed by atoms with Gasteiger partial charge in [-0.2, -0.15) is 0 Å². The van der Waals surface area contributed by atoms with Crippen molar-refractivity contribution in [1.82, 2.24) is 14.5 Å². The lowest BCUT2D eigenvalue weighted by Gasteiger charge is -2.33. The minimum atomic E-state index is -0.678. The van der Waals surface area contributed by atoms with Gasteiger partial charge in [-0.15, -0.1) is 0 Å².